The lowest BCUT2D eigenvalue weighted by molar-refractivity contribution is -0.131. The normalized spacial score (nSPS) is 10.6. The first-order valence-corrected chi connectivity index (χ1v) is 6.26. The predicted octanol–water partition coefficient (Wildman–Crippen LogP) is 1.84. The van der Waals surface area contributed by atoms with E-state index in [9.17, 15) is 9.59 Å². The van der Waals surface area contributed by atoms with Crippen LogP contribution in [-0.4, -0.2) is 23.3 Å². The maximum Gasteiger partial charge on any atom is 0.246 e. The number of rotatable bonds is 5. The second kappa shape index (κ2) is 6.96. The number of hydrogen-bond donors (Lipinski definition) is 1. The Kier molecular flexibility index (Phi) is 5.58. The number of amides is 2. The fourth-order valence-corrected chi connectivity index (χ4v) is 1.72. The molecule has 18 heavy (non-hydrogen) atoms. The summed E-state index contributed by atoms with van der Waals surface area (Å²) >= 11 is 3.34. The molecule has 1 aromatic carbocycles. The lowest BCUT2D eigenvalue weighted by Crippen LogP contribution is -2.37. The number of allylic oxidation sites excluding steroid dienone is 1. The first-order valence-electron chi connectivity index (χ1n) is 5.47. The van der Waals surface area contributed by atoms with E-state index in [1.54, 1.807) is 13.0 Å². The maximum atomic E-state index is 11.8. The molecular formula is C13H15BrN2O2. The molecule has 4 nitrogen and oxygen atoms in total. The SMILES string of the molecule is CC=CC(=O)N(CC(N)=O)Cc1ccc(Br)cc1. The van der Waals surface area contributed by atoms with Crippen LogP contribution in [0.1, 0.15) is 12.5 Å². The van der Waals surface area contributed by atoms with E-state index >= 15 is 0 Å². The number of hydrogen-bond acceptors (Lipinski definition) is 2. The van der Waals surface area contributed by atoms with Crippen molar-refractivity contribution < 1.29 is 9.59 Å². The van der Waals surface area contributed by atoms with Gasteiger partial charge in [0, 0.05) is 11.0 Å². The Morgan fingerprint density at radius 2 is 1.94 bits per heavy atom. The van der Waals surface area contributed by atoms with Crippen molar-refractivity contribution in [3.05, 3.63) is 46.5 Å². The average molecular weight is 311 g/mol. The van der Waals surface area contributed by atoms with Crippen LogP contribution >= 0.6 is 15.9 Å². The highest BCUT2D eigenvalue weighted by atomic mass is 79.9. The molecule has 0 unspecified atom stereocenters. The molecule has 5 heteroatoms. The molecule has 2 amide bonds. The molecule has 1 rings (SSSR count). The summed E-state index contributed by atoms with van der Waals surface area (Å²) in [7, 11) is 0. The zero-order valence-corrected chi connectivity index (χ0v) is 11.7. The summed E-state index contributed by atoms with van der Waals surface area (Å²) < 4.78 is 0.965. The van der Waals surface area contributed by atoms with Crippen LogP contribution in [0.4, 0.5) is 0 Å². The number of benzene rings is 1. The highest BCUT2D eigenvalue weighted by molar-refractivity contribution is 9.10. The molecule has 0 fully saturated rings. The van der Waals surface area contributed by atoms with Gasteiger partial charge < -0.3 is 10.6 Å². The van der Waals surface area contributed by atoms with Crippen molar-refractivity contribution in [1.29, 1.82) is 0 Å². The van der Waals surface area contributed by atoms with Gasteiger partial charge in [-0.3, -0.25) is 9.59 Å². The van der Waals surface area contributed by atoms with Crippen molar-refractivity contribution in [3.8, 4) is 0 Å². The van der Waals surface area contributed by atoms with Gasteiger partial charge in [0.2, 0.25) is 11.8 Å². The number of carbonyl (C=O) groups excluding carboxylic acids is 2. The van der Waals surface area contributed by atoms with Crippen LogP contribution in [0.5, 0.6) is 0 Å². The largest absolute Gasteiger partial charge is 0.368 e. The highest BCUT2D eigenvalue weighted by Crippen LogP contribution is 2.12. The van der Waals surface area contributed by atoms with Crippen LogP contribution < -0.4 is 5.73 Å². The number of carbonyl (C=O) groups is 2. The van der Waals surface area contributed by atoms with E-state index in [0.717, 1.165) is 10.0 Å². The van der Waals surface area contributed by atoms with Crippen molar-refractivity contribution in [2.24, 2.45) is 5.73 Å². The lowest BCUT2D eigenvalue weighted by atomic mass is 10.2. The summed E-state index contributed by atoms with van der Waals surface area (Å²) in [4.78, 5) is 24.1. The fourth-order valence-electron chi connectivity index (χ4n) is 1.46. The van der Waals surface area contributed by atoms with Gasteiger partial charge in [0.05, 0.1) is 6.54 Å². The van der Waals surface area contributed by atoms with Gasteiger partial charge in [-0.2, -0.15) is 0 Å². The minimum atomic E-state index is -0.523. The Morgan fingerprint density at radius 3 is 2.44 bits per heavy atom. The Morgan fingerprint density at radius 1 is 1.33 bits per heavy atom. The van der Waals surface area contributed by atoms with Gasteiger partial charge in [-0.25, -0.2) is 0 Å². The molecule has 0 saturated carbocycles. The molecular weight excluding hydrogens is 296 g/mol. The average Bonchev–Trinajstić information content (AvgIpc) is 2.31. The molecule has 0 radical (unpaired) electrons. The third-order valence-electron chi connectivity index (χ3n) is 2.25. The summed E-state index contributed by atoms with van der Waals surface area (Å²) in [5.41, 5.74) is 6.08. The summed E-state index contributed by atoms with van der Waals surface area (Å²) in [5, 5.41) is 0. The Hall–Kier alpha value is -1.62. The van der Waals surface area contributed by atoms with E-state index in [0.29, 0.717) is 6.54 Å². The molecule has 2 N–H and O–H groups in total. The van der Waals surface area contributed by atoms with E-state index in [-0.39, 0.29) is 12.5 Å². The van der Waals surface area contributed by atoms with Crippen molar-refractivity contribution in [2.45, 2.75) is 13.5 Å². The topological polar surface area (TPSA) is 63.4 Å². The van der Waals surface area contributed by atoms with Crippen molar-refractivity contribution in [1.82, 2.24) is 4.90 Å². The van der Waals surface area contributed by atoms with Gasteiger partial charge in [0.1, 0.15) is 0 Å². The first kappa shape index (κ1) is 14.4. The smallest absolute Gasteiger partial charge is 0.246 e. The molecule has 0 saturated heterocycles. The summed E-state index contributed by atoms with van der Waals surface area (Å²) in [6, 6.07) is 7.55. The minimum Gasteiger partial charge on any atom is -0.368 e. The molecule has 0 atom stereocenters. The van der Waals surface area contributed by atoms with Gasteiger partial charge >= 0.3 is 0 Å². The maximum absolute atomic E-state index is 11.8. The molecule has 0 heterocycles. The van der Waals surface area contributed by atoms with E-state index in [2.05, 4.69) is 15.9 Å². The lowest BCUT2D eigenvalue weighted by Gasteiger charge is -2.19. The summed E-state index contributed by atoms with van der Waals surface area (Å²) in [6.07, 6.45) is 3.06. The first-order chi connectivity index (χ1) is 8.52. The molecule has 96 valence electrons. The third kappa shape index (κ3) is 4.71. The predicted molar refractivity (Wildman–Crippen MR) is 73.6 cm³/mol. The van der Waals surface area contributed by atoms with E-state index in [1.807, 2.05) is 24.3 Å². The van der Waals surface area contributed by atoms with Crippen LogP contribution in [0.2, 0.25) is 0 Å². The molecule has 0 spiro atoms. The van der Waals surface area contributed by atoms with Gasteiger partial charge in [-0.05, 0) is 30.7 Å². The number of nitrogens with zero attached hydrogens (tertiary/aromatic N) is 1. The van der Waals surface area contributed by atoms with E-state index < -0.39 is 5.91 Å². The molecule has 1 aromatic rings. The van der Waals surface area contributed by atoms with E-state index in [1.165, 1.54) is 11.0 Å². The third-order valence-corrected chi connectivity index (χ3v) is 2.78. The molecule has 0 aromatic heterocycles. The Balaban J connectivity index is 2.80. The van der Waals surface area contributed by atoms with Gasteiger partial charge in [0.15, 0.2) is 0 Å². The van der Waals surface area contributed by atoms with Gasteiger partial charge in [0.25, 0.3) is 0 Å². The van der Waals surface area contributed by atoms with Crippen LogP contribution in [0, 0.1) is 0 Å². The molecule has 0 bridgehead atoms. The summed E-state index contributed by atoms with van der Waals surface area (Å²) in [5.74, 6) is -0.746. The standard InChI is InChI=1S/C13H15BrN2O2/c1-2-3-13(18)16(9-12(15)17)8-10-4-6-11(14)7-5-10/h2-7H,8-9H2,1H3,(H2,15,17). The zero-order chi connectivity index (χ0) is 13.5. The van der Waals surface area contributed by atoms with Crippen molar-refractivity contribution in [2.75, 3.05) is 6.54 Å². The zero-order valence-electron chi connectivity index (χ0n) is 10.1. The van der Waals surface area contributed by atoms with Crippen molar-refractivity contribution >= 4 is 27.7 Å². The molecule has 0 aliphatic rings. The van der Waals surface area contributed by atoms with Gasteiger partial charge in [-0.15, -0.1) is 0 Å². The summed E-state index contributed by atoms with van der Waals surface area (Å²) in [6.45, 7) is 2.03. The monoisotopic (exact) mass is 310 g/mol. The highest BCUT2D eigenvalue weighted by Gasteiger charge is 2.13. The fraction of sp³-hybridized carbons (Fsp3) is 0.231. The Bertz CT molecular complexity index is 455. The van der Waals surface area contributed by atoms with Gasteiger partial charge in [-0.1, -0.05) is 34.1 Å². The molecule has 0 aliphatic heterocycles. The second-order valence-electron chi connectivity index (χ2n) is 3.79. The number of primary amides is 1. The Labute approximate surface area is 115 Å². The van der Waals surface area contributed by atoms with Crippen LogP contribution in [0.25, 0.3) is 0 Å². The minimum absolute atomic E-state index is 0.0841. The second-order valence-corrected chi connectivity index (χ2v) is 4.70. The molecule has 0 aliphatic carbocycles. The van der Waals surface area contributed by atoms with E-state index in [4.69, 9.17) is 5.73 Å². The quantitative estimate of drug-likeness (QED) is 0.843. The van der Waals surface area contributed by atoms with Crippen LogP contribution in [0.15, 0.2) is 40.9 Å². The van der Waals surface area contributed by atoms with Crippen LogP contribution in [-0.2, 0) is 16.1 Å². The van der Waals surface area contributed by atoms with Crippen molar-refractivity contribution in [3.63, 3.8) is 0 Å². The van der Waals surface area contributed by atoms with Crippen LogP contribution in [0.3, 0.4) is 0 Å². The number of halogens is 1. The number of nitrogens with two attached hydrogens (primary N) is 1.